The standard InChI is InChI=1S/C16H19N3O3S/c1-3-4-12-7-11(5-6-17-12)15-19-13(9-23-15)8-14(20)18-10(2)16(21)22/h5-7,9-10H,3-4,8H2,1-2H3,(H,18,20)(H,21,22)/t10-/m1/s1. The van der Waals surface area contributed by atoms with Crippen molar-refractivity contribution < 1.29 is 14.7 Å². The lowest BCUT2D eigenvalue weighted by Gasteiger charge is -2.07. The van der Waals surface area contributed by atoms with Crippen molar-refractivity contribution in [1.29, 1.82) is 0 Å². The fourth-order valence-electron chi connectivity index (χ4n) is 2.04. The highest BCUT2D eigenvalue weighted by Crippen LogP contribution is 2.24. The Labute approximate surface area is 138 Å². The number of rotatable bonds is 7. The SMILES string of the molecule is CCCc1cc(-c2nc(CC(=O)N[C@H](C)C(=O)O)cs2)ccn1. The van der Waals surface area contributed by atoms with E-state index in [1.165, 1.54) is 18.3 Å². The molecule has 1 amide bonds. The van der Waals surface area contributed by atoms with Crippen LogP contribution in [0.25, 0.3) is 10.6 Å². The highest BCUT2D eigenvalue weighted by molar-refractivity contribution is 7.13. The predicted octanol–water partition coefficient (Wildman–Crippen LogP) is 2.29. The number of aryl methyl sites for hydroxylation is 1. The molecule has 0 spiro atoms. The summed E-state index contributed by atoms with van der Waals surface area (Å²) < 4.78 is 0. The van der Waals surface area contributed by atoms with Crippen molar-refractivity contribution in [2.75, 3.05) is 0 Å². The molecule has 2 rings (SSSR count). The van der Waals surface area contributed by atoms with Crippen LogP contribution in [-0.2, 0) is 22.4 Å². The van der Waals surface area contributed by atoms with Crippen LogP contribution in [-0.4, -0.2) is 33.0 Å². The minimum atomic E-state index is -1.06. The molecule has 0 aromatic carbocycles. The third kappa shape index (κ3) is 4.85. The molecule has 0 saturated carbocycles. The molecule has 2 aromatic heterocycles. The Balaban J connectivity index is 2.04. The zero-order chi connectivity index (χ0) is 16.8. The topological polar surface area (TPSA) is 92.2 Å². The number of nitrogens with zero attached hydrogens (tertiary/aromatic N) is 2. The molecule has 6 nitrogen and oxygen atoms in total. The van der Waals surface area contributed by atoms with Crippen molar-refractivity contribution in [2.45, 2.75) is 39.2 Å². The summed E-state index contributed by atoms with van der Waals surface area (Å²) in [4.78, 5) is 31.3. The van der Waals surface area contributed by atoms with Crippen LogP contribution in [0.1, 0.15) is 31.7 Å². The van der Waals surface area contributed by atoms with Gasteiger partial charge in [-0.05, 0) is 25.5 Å². The van der Waals surface area contributed by atoms with E-state index < -0.39 is 12.0 Å². The van der Waals surface area contributed by atoms with Crippen molar-refractivity contribution in [1.82, 2.24) is 15.3 Å². The molecule has 0 aliphatic rings. The van der Waals surface area contributed by atoms with Gasteiger partial charge in [0.25, 0.3) is 0 Å². The first-order valence-electron chi connectivity index (χ1n) is 7.41. The van der Waals surface area contributed by atoms with Gasteiger partial charge in [-0.15, -0.1) is 11.3 Å². The maximum atomic E-state index is 11.8. The fraction of sp³-hybridized carbons (Fsp3) is 0.375. The highest BCUT2D eigenvalue weighted by atomic mass is 32.1. The van der Waals surface area contributed by atoms with E-state index in [0.717, 1.165) is 29.1 Å². The number of thiazole rings is 1. The van der Waals surface area contributed by atoms with Crippen molar-refractivity contribution in [3.05, 3.63) is 35.1 Å². The molecular weight excluding hydrogens is 314 g/mol. The second kappa shape index (κ2) is 7.82. The first kappa shape index (κ1) is 17.1. The van der Waals surface area contributed by atoms with E-state index >= 15 is 0 Å². The fourth-order valence-corrected chi connectivity index (χ4v) is 2.86. The lowest BCUT2D eigenvalue weighted by Crippen LogP contribution is -2.39. The maximum absolute atomic E-state index is 11.8. The number of carboxylic acid groups (broad SMARTS) is 1. The summed E-state index contributed by atoms with van der Waals surface area (Å²) in [5.74, 6) is -1.41. The second-order valence-electron chi connectivity index (χ2n) is 5.23. The van der Waals surface area contributed by atoms with Gasteiger partial charge in [0.05, 0.1) is 12.1 Å². The van der Waals surface area contributed by atoms with Crippen molar-refractivity contribution in [3.63, 3.8) is 0 Å². The molecule has 122 valence electrons. The third-order valence-electron chi connectivity index (χ3n) is 3.21. The van der Waals surface area contributed by atoms with Crippen molar-refractivity contribution >= 4 is 23.2 Å². The molecule has 0 aliphatic heterocycles. The Bertz CT molecular complexity index is 699. The van der Waals surface area contributed by atoms with Gasteiger partial charge in [-0.25, -0.2) is 4.98 Å². The third-order valence-corrected chi connectivity index (χ3v) is 4.15. The number of amides is 1. The first-order chi connectivity index (χ1) is 11.0. The summed E-state index contributed by atoms with van der Waals surface area (Å²) in [6, 6.07) is 3.00. The summed E-state index contributed by atoms with van der Waals surface area (Å²) in [7, 11) is 0. The van der Waals surface area contributed by atoms with E-state index in [-0.39, 0.29) is 12.3 Å². The molecular formula is C16H19N3O3S. The monoisotopic (exact) mass is 333 g/mol. The Kier molecular flexibility index (Phi) is 5.81. The van der Waals surface area contributed by atoms with E-state index in [9.17, 15) is 9.59 Å². The number of hydrogen-bond acceptors (Lipinski definition) is 5. The summed E-state index contributed by atoms with van der Waals surface area (Å²) in [5, 5.41) is 13.9. The number of aromatic nitrogens is 2. The van der Waals surface area contributed by atoms with Crippen molar-refractivity contribution in [3.8, 4) is 10.6 Å². The van der Waals surface area contributed by atoms with Gasteiger partial charge >= 0.3 is 5.97 Å². The predicted molar refractivity (Wildman–Crippen MR) is 88.3 cm³/mol. The Hall–Kier alpha value is -2.28. The van der Waals surface area contributed by atoms with Crippen LogP contribution in [0.15, 0.2) is 23.7 Å². The lowest BCUT2D eigenvalue weighted by molar-refractivity contribution is -0.141. The van der Waals surface area contributed by atoms with Gasteiger partial charge in [-0.1, -0.05) is 13.3 Å². The molecule has 7 heteroatoms. The Morgan fingerprint density at radius 1 is 1.39 bits per heavy atom. The number of pyridine rings is 1. The Morgan fingerprint density at radius 3 is 2.87 bits per heavy atom. The quantitative estimate of drug-likeness (QED) is 0.811. The van der Waals surface area contributed by atoms with E-state index in [2.05, 4.69) is 22.2 Å². The van der Waals surface area contributed by atoms with E-state index in [4.69, 9.17) is 5.11 Å². The van der Waals surface area contributed by atoms with E-state index in [1.807, 2.05) is 17.5 Å². The molecule has 2 heterocycles. The summed E-state index contributed by atoms with van der Waals surface area (Å²) in [5.41, 5.74) is 2.64. The molecule has 2 N–H and O–H groups in total. The zero-order valence-electron chi connectivity index (χ0n) is 13.1. The Morgan fingerprint density at radius 2 is 2.17 bits per heavy atom. The van der Waals surface area contributed by atoms with Crippen LogP contribution in [0.3, 0.4) is 0 Å². The van der Waals surface area contributed by atoms with E-state index in [0.29, 0.717) is 5.69 Å². The number of carbonyl (C=O) groups is 2. The van der Waals surface area contributed by atoms with Gasteiger partial charge in [0.1, 0.15) is 11.0 Å². The van der Waals surface area contributed by atoms with Crippen LogP contribution < -0.4 is 5.32 Å². The molecule has 0 aliphatic carbocycles. The van der Waals surface area contributed by atoms with Gasteiger partial charge < -0.3 is 10.4 Å². The lowest BCUT2D eigenvalue weighted by atomic mass is 10.2. The van der Waals surface area contributed by atoms with Crippen LogP contribution in [0.5, 0.6) is 0 Å². The average molecular weight is 333 g/mol. The molecule has 2 aromatic rings. The zero-order valence-corrected chi connectivity index (χ0v) is 13.9. The molecule has 0 bridgehead atoms. The highest BCUT2D eigenvalue weighted by Gasteiger charge is 2.15. The minimum Gasteiger partial charge on any atom is -0.480 e. The number of carboxylic acids is 1. The van der Waals surface area contributed by atoms with Crippen molar-refractivity contribution in [2.24, 2.45) is 0 Å². The molecule has 0 saturated heterocycles. The summed E-state index contributed by atoms with van der Waals surface area (Å²) in [6.45, 7) is 3.53. The largest absolute Gasteiger partial charge is 0.480 e. The summed E-state index contributed by atoms with van der Waals surface area (Å²) >= 11 is 1.46. The van der Waals surface area contributed by atoms with Gasteiger partial charge in [0.2, 0.25) is 5.91 Å². The van der Waals surface area contributed by atoms with Gasteiger partial charge in [0, 0.05) is 22.8 Å². The van der Waals surface area contributed by atoms with Gasteiger partial charge in [-0.2, -0.15) is 0 Å². The molecule has 0 unspecified atom stereocenters. The first-order valence-corrected chi connectivity index (χ1v) is 8.29. The maximum Gasteiger partial charge on any atom is 0.325 e. The molecule has 0 radical (unpaired) electrons. The van der Waals surface area contributed by atoms with Gasteiger partial charge in [0.15, 0.2) is 0 Å². The normalized spacial score (nSPS) is 11.9. The van der Waals surface area contributed by atoms with E-state index in [1.54, 1.807) is 6.20 Å². The molecule has 23 heavy (non-hydrogen) atoms. The summed E-state index contributed by atoms with van der Waals surface area (Å²) in [6.07, 6.45) is 3.78. The van der Waals surface area contributed by atoms with Crippen LogP contribution in [0.2, 0.25) is 0 Å². The minimum absolute atomic E-state index is 0.0705. The number of aliphatic carboxylic acids is 1. The second-order valence-corrected chi connectivity index (χ2v) is 6.09. The number of nitrogens with one attached hydrogen (secondary N) is 1. The van der Waals surface area contributed by atoms with Crippen LogP contribution in [0, 0.1) is 0 Å². The molecule has 0 fully saturated rings. The van der Waals surface area contributed by atoms with Crippen LogP contribution in [0.4, 0.5) is 0 Å². The van der Waals surface area contributed by atoms with Gasteiger partial charge in [-0.3, -0.25) is 14.6 Å². The van der Waals surface area contributed by atoms with Crippen LogP contribution >= 0.6 is 11.3 Å². The number of carbonyl (C=O) groups excluding carboxylic acids is 1. The number of hydrogen-bond donors (Lipinski definition) is 2. The average Bonchev–Trinajstić information content (AvgIpc) is 2.96. The smallest absolute Gasteiger partial charge is 0.325 e. The molecule has 1 atom stereocenters.